The van der Waals surface area contributed by atoms with Gasteiger partial charge in [-0.15, -0.1) is 0 Å². The normalized spacial score (nSPS) is 18.2. The molecule has 0 amide bonds. The molecule has 0 saturated heterocycles. The van der Waals surface area contributed by atoms with Gasteiger partial charge < -0.3 is 14.3 Å². The minimum atomic E-state index is -0.641. The van der Waals surface area contributed by atoms with Gasteiger partial charge in [-0.1, -0.05) is 6.07 Å². The van der Waals surface area contributed by atoms with Gasteiger partial charge in [0.05, 0.1) is 12.5 Å². The third-order valence-electron chi connectivity index (χ3n) is 3.26. The molecule has 0 radical (unpaired) electrons. The monoisotopic (exact) mass is 244 g/mol. The molecular formula is C15H16O3. The third kappa shape index (κ3) is 1.91. The Labute approximate surface area is 106 Å². The summed E-state index contributed by atoms with van der Waals surface area (Å²) in [5, 5.41) is 10.2. The summed E-state index contributed by atoms with van der Waals surface area (Å²) in [4.78, 5) is 0. The van der Waals surface area contributed by atoms with Gasteiger partial charge in [0.25, 0.3) is 0 Å². The summed E-state index contributed by atoms with van der Waals surface area (Å²) in [6, 6.07) is 7.63. The first kappa shape index (κ1) is 11.4. The highest BCUT2D eigenvalue weighted by atomic mass is 16.5. The van der Waals surface area contributed by atoms with Crippen LogP contribution in [-0.2, 0) is 6.42 Å². The molecular weight excluding hydrogens is 228 g/mol. The van der Waals surface area contributed by atoms with Crippen molar-refractivity contribution in [3.8, 4) is 5.75 Å². The van der Waals surface area contributed by atoms with Gasteiger partial charge in [-0.2, -0.15) is 0 Å². The lowest BCUT2D eigenvalue weighted by Gasteiger charge is -2.16. The molecule has 2 heterocycles. The van der Waals surface area contributed by atoms with Crippen molar-refractivity contribution in [1.82, 2.24) is 0 Å². The molecule has 1 aliphatic heterocycles. The van der Waals surface area contributed by atoms with Crippen molar-refractivity contribution >= 4 is 0 Å². The summed E-state index contributed by atoms with van der Waals surface area (Å²) in [5.74, 6) is 0.920. The molecule has 94 valence electrons. The number of benzene rings is 1. The Morgan fingerprint density at radius 3 is 2.78 bits per heavy atom. The topological polar surface area (TPSA) is 42.6 Å². The molecule has 1 atom stereocenters. The maximum absolute atomic E-state index is 10.2. The standard InChI is InChI=1S/C15H16O3/c1-15(2)8-12-7-10(3-4-13(12)18-15)14(16)11-5-6-17-9-11/h3-7,9,14,16H,8H2,1-2H3. The van der Waals surface area contributed by atoms with E-state index in [2.05, 4.69) is 13.8 Å². The second kappa shape index (κ2) is 3.89. The first-order valence-electron chi connectivity index (χ1n) is 6.07. The minimum absolute atomic E-state index is 0.151. The fourth-order valence-corrected chi connectivity index (χ4v) is 2.42. The fourth-order valence-electron chi connectivity index (χ4n) is 2.42. The van der Waals surface area contributed by atoms with E-state index in [-0.39, 0.29) is 5.60 Å². The highest BCUT2D eigenvalue weighted by Crippen LogP contribution is 2.37. The van der Waals surface area contributed by atoms with Gasteiger partial charge in [-0.05, 0) is 43.2 Å². The summed E-state index contributed by atoms with van der Waals surface area (Å²) in [6.45, 7) is 4.14. The average molecular weight is 244 g/mol. The predicted molar refractivity (Wildman–Crippen MR) is 67.6 cm³/mol. The molecule has 1 aromatic heterocycles. The van der Waals surface area contributed by atoms with Crippen molar-refractivity contribution in [2.45, 2.75) is 32.0 Å². The number of rotatable bonds is 2. The zero-order valence-electron chi connectivity index (χ0n) is 10.5. The van der Waals surface area contributed by atoms with Crippen molar-refractivity contribution in [3.63, 3.8) is 0 Å². The van der Waals surface area contributed by atoms with Gasteiger partial charge in [-0.25, -0.2) is 0 Å². The molecule has 3 heteroatoms. The Bertz CT molecular complexity index is 555. The molecule has 0 saturated carbocycles. The largest absolute Gasteiger partial charge is 0.487 e. The van der Waals surface area contributed by atoms with Gasteiger partial charge in [0.15, 0.2) is 0 Å². The zero-order valence-corrected chi connectivity index (χ0v) is 10.5. The van der Waals surface area contributed by atoms with E-state index in [1.807, 2.05) is 18.2 Å². The molecule has 1 aliphatic rings. The van der Waals surface area contributed by atoms with Crippen LogP contribution in [0, 0.1) is 0 Å². The number of ether oxygens (including phenoxy) is 1. The summed E-state index contributed by atoms with van der Waals surface area (Å²) in [6.07, 6.45) is 3.36. The number of aliphatic hydroxyl groups excluding tert-OH is 1. The molecule has 0 aliphatic carbocycles. The zero-order chi connectivity index (χ0) is 12.8. The van der Waals surface area contributed by atoms with Crippen LogP contribution < -0.4 is 4.74 Å². The number of hydrogen-bond donors (Lipinski definition) is 1. The Balaban J connectivity index is 1.93. The number of fused-ring (bicyclic) bond motifs is 1. The Morgan fingerprint density at radius 1 is 1.22 bits per heavy atom. The molecule has 1 aromatic carbocycles. The van der Waals surface area contributed by atoms with Crippen molar-refractivity contribution < 1.29 is 14.3 Å². The van der Waals surface area contributed by atoms with Gasteiger partial charge in [0, 0.05) is 12.0 Å². The van der Waals surface area contributed by atoms with E-state index in [1.54, 1.807) is 18.6 Å². The van der Waals surface area contributed by atoms with E-state index in [9.17, 15) is 5.11 Å². The lowest BCUT2D eigenvalue weighted by atomic mass is 9.97. The molecule has 1 unspecified atom stereocenters. The van der Waals surface area contributed by atoms with Crippen molar-refractivity contribution in [2.75, 3.05) is 0 Å². The quantitative estimate of drug-likeness (QED) is 0.882. The maximum Gasteiger partial charge on any atom is 0.123 e. The minimum Gasteiger partial charge on any atom is -0.487 e. The first-order valence-corrected chi connectivity index (χ1v) is 6.07. The number of aliphatic hydroxyl groups is 1. The van der Waals surface area contributed by atoms with Crippen LogP contribution in [0.1, 0.15) is 36.6 Å². The number of furan rings is 1. The van der Waals surface area contributed by atoms with Crippen LogP contribution in [0.15, 0.2) is 41.2 Å². The Kier molecular flexibility index (Phi) is 2.45. The summed E-state index contributed by atoms with van der Waals surface area (Å²) < 4.78 is 10.8. The van der Waals surface area contributed by atoms with Gasteiger partial charge in [0.1, 0.15) is 17.5 Å². The highest BCUT2D eigenvalue weighted by molar-refractivity contribution is 5.43. The van der Waals surface area contributed by atoms with Crippen LogP contribution in [0.4, 0.5) is 0 Å². The van der Waals surface area contributed by atoms with Crippen molar-refractivity contribution in [3.05, 3.63) is 53.5 Å². The molecule has 0 spiro atoms. The molecule has 1 N–H and O–H groups in total. The maximum atomic E-state index is 10.2. The van der Waals surface area contributed by atoms with Crippen LogP contribution in [0.25, 0.3) is 0 Å². The average Bonchev–Trinajstić information content (AvgIpc) is 2.91. The smallest absolute Gasteiger partial charge is 0.123 e. The second-order valence-electron chi connectivity index (χ2n) is 5.36. The molecule has 3 nitrogen and oxygen atoms in total. The van der Waals surface area contributed by atoms with Gasteiger partial charge >= 0.3 is 0 Å². The summed E-state index contributed by atoms with van der Waals surface area (Å²) >= 11 is 0. The molecule has 0 fully saturated rings. The fraction of sp³-hybridized carbons (Fsp3) is 0.333. The van der Waals surface area contributed by atoms with Crippen LogP contribution in [0.5, 0.6) is 5.75 Å². The van der Waals surface area contributed by atoms with E-state index in [1.165, 1.54) is 0 Å². The lowest BCUT2D eigenvalue weighted by molar-refractivity contribution is 0.138. The number of hydrogen-bond acceptors (Lipinski definition) is 3. The molecule has 18 heavy (non-hydrogen) atoms. The molecule has 2 aromatic rings. The van der Waals surface area contributed by atoms with Crippen LogP contribution in [-0.4, -0.2) is 10.7 Å². The van der Waals surface area contributed by atoms with Crippen molar-refractivity contribution in [2.24, 2.45) is 0 Å². The van der Waals surface area contributed by atoms with E-state index in [4.69, 9.17) is 9.15 Å². The SMILES string of the molecule is CC1(C)Cc2cc(C(O)c3ccoc3)ccc2O1. The van der Waals surface area contributed by atoms with E-state index in [0.29, 0.717) is 0 Å². The second-order valence-corrected chi connectivity index (χ2v) is 5.36. The Morgan fingerprint density at radius 2 is 2.06 bits per heavy atom. The van der Waals surface area contributed by atoms with Gasteiger partial charge in [-0.3, -0.25) is 0 Å². The lowest BCUT2D eigenvalue weighted by Crippen LogP contribution is -2.24. The first-order chi connectivity index (χ1) is 8.55. The molecule has 3 rings (SSSR count). The van der Waals surface area contributed by atoms with Crippen molar-refractivity contribution in [1.29, 1.82) is 0 Å². The summed E-state index contributed by atoms with van der Waals surface area (Å²) in [7, 11) is 0. The molecule has 0 bridgehead atoms. The Hall–Kier alpha value is -1.74. The van der Waals surface area contributed by atoms with E-state index >= 15 is 0 Å². The van der Waals surface area contributed by atoms with Crippen LogP contribution >= 0.6 is 0 Å². The highest BCUT2D eigenvalue weighted by Gasteiger charge is 2.30. The third-order valence-corrected chi connectivity index (χ3v) is 3.26. The predicted octanol–water partition coefficient (Wildman–Crippen LogP) is 3.07. The van der Waals surface area contributed by atoms with Gasteiger partial charge in [0.2, 0.25) is 0 Å². The van der Waals surface area contributed by atoms with E-state index < -0.39 is 6.10 Å². The van der Waals surface area contributed by atoms with Crippen LogP contribution in [0.3, 0.4) is 0 Å². The van der Waals surface area contributed by atoms with E-state index in [0.717, 1.165) is 28.9 Å². The summed E-state index contributed by atoms with van der Waals surface area (Å²) in [5.41, 5.74) is 2.64. The van der Waals surface area contributed by atoms with Crippen LogP contribution in [0.2, 0.25) is 0 Å².